The third-order valence-corrected chi connectivity index (χ3v) is 23.9. The molecule has 0 atom stereocenters. The van der Waals surface area contributed by atoms with Crippen LogP contribution in [0.15, 0.2) is 72.8 Å². The zero-order valence-corrected chi connectivity index (χ0v) is 16.9. The van der Waals surface area contributed by atoms with Crippen molar-refractivity contribution < 1.29 is 18.0 Å². The molecule has 0 aliphatic heterocycles. The van der Waals surface area contributed by atoms with Crippen molar-refractivity contribution in [3.05, 3.63) is 84.0 Å². The number of benzene rings is 2. The van der Waals surface area contributed by atoms with Crippen LogP contribution in [0.4, 0.5) is 0 Å². The fraction of sp³-hybridized carbons (Fsp3) is 0.190. The van der Waals surface area contributed by atoms with Gasteiger partial charge in [0.1, 0.15) is 0 Å². The molecule has 0 spiro atoms. The second-order valence-corrected chi connectivity index (χ2v) is 33.4. The van der Waals surface area contributed by atoms with Crippen LogP contribution in [0.1, 0.15) is 14.8 Å². The molecule has 0 bridgehead atoms. The second-order valence-electron chi connectivity index (χ2n) is 7.84. The van der Waals surface area contributed by atoms with Crippen LogP contribution in [0, 0.1) is 0 Å². The molecule has 2 aliphatic carbocycles. The first-order valence-electron chi connectivity index (χ1n) is 8.08. The molecular formula is C21H22Hf. The van der Waals surface area contributed by atoms with E-state index in [1.54, 1.807) is 0 Å². The summed E-state index contributed by atoms with van der Waals surface area (Å²) < 4.78 is 11.1. The van der Waals surface area contributed by atoms with E-state index < -0.39 is 18.0 Å². The average Bonchev–Trinajstić information content (AvgIpc) is 3.14. The molecule has 0 aromatic heterocycles. The van der Waals surface area contributed by atoms with Gasteiger partial charge in [0, 0.05) is 0 Å². The quantitative estimate of drug-likeness (QED) is 0.498. The summed E-state index contributed by atoms with van der Waals surface area (Å²) in [5.41, 5.74) is 5.86. The fourth-order valence-corrected chi connectivity index (χ4v) is 20.3. The van der Waals surface area contributed by atoms with E-state index in [0.717, 1.165) is 0 Å². The molecule has 0 amide bonds. The van der Waals surface area contributed by atoms with E-state index in [1.807, 2.05) is 0 Å². The first-order valence-corrected chi connectivity index (χ1v) is 22.0. The molecule has 4 rings (SSSR count). The van der Waals surface area contributed by atoms with E-state index in [0.29, 0.717) is 7.35 Å². The Morgan fingerprint density at radius 3 is 1.73 bits per heavy atom. The van der Waals surface area contributed by atoms with Gasteiger partial charge in [0.25, 0.3) is 0 Å². The summed E-state index contributed by atoms with van der Waals surface area (Å²) in [6, 6.07) is 17.9. The molecule has 0 unspecified atom stereocenters. The van der Waals surface area contributed by atoms with Crippen molar-refractivity contribution in [2.45, 2.75) is 16.7 Å². The monoisotopic (exact) mass is 454 g/mol. The molecule has 0 nitrogen and oxygen atoms in total. The normalized spacial score (nSPS) is 17.8. The first kappa shape index (κ1) is 14.3. The molecule has 1 heteroatoms. The molecule has 2 aromatic carbocycles. The average molecular weight is 453 g/mol. The molecule has 110 valence electrons. The van der Waals surface area contributed by atoms with E-state index in [2.05, 4.69) is 82.2 Å². The predicted octanol–water partition coefficient (Wildman–Crippen LogP) is 5.89. The molecule has 0 saturated heterocycles. The number of rotatable bonds is 2. The van der Waals surface area contributed by atoms with Crippen LogP contribution in [-0.4, -0.2) is 4.26 Å². The summed E-state index contributed by atoms with van der Waals surface area (Å²) in [5.74, 6) is 0. The van der Waals surface area contributed by atoms with Crippen LogP contribution < -0.4 is 0 Å². The van der Waals surface area contributed by atoms with Crippen molar-refractivity contribution in [2.75, 3.05) is 0 Å². The van der Waals surface area contributed by atoms with Crippen LogP contribution in [0.2, 0.25) is 13.0 Å². The third kappa shape index (κ3) is 1.88. The van der Waals surface area contributed by atoms with Crippen molar-refractivity contribution >= 4 is 4.26 Å². The Morgan fingerprint density at radius 2 is 1.23 bits per heavy atom. The Balaban J connectivity index is 2.01. The molecule has 0 heterocycles. The van der Waals surface area contributed by atoms with Gasteiger partial charge in [0.05, 0.1) is 0 Å². The van der Waals surface area contributed by atoms with Crippen LogP contribution >= 0.6 is 0 Å². The summed E-state index contributed by atoms with van der Waals surface area (Å²) in [5, 5.41) is 0. The zero-order chi connectivity index (χ0) is 15.4. The van der Waals surface area contributed by atoms with Gasteiger partial charge in [0.2, 0.25) is 0 Å². The van der Waals surface area contributed by atoms with Gasteiger partial charge in [-0.2, -0.15) is 0 Å². The van der Waals surface area contributed by atoms with E-state index in [9.17, 15) is 0 Å². The van der Waals surface area contributed by atoms with Crippen LogP contribution in [0.5, 0.6) is 0 Å². The Hall–Kier alpha value is -1.34. The first-order chi connectivity index (χ1) is 10.5. The van der Waals surface area contributed by atoms with Gasteiger partial charge in [0.15, 0.2) is 0 Å². The number of fused-ring (bicyclic) bond motifs is 3. The maximum absolute atomic E-state index is 4.98. The summed E-state index contributed by atoms with van der Waals surface area (Å²) in [6.45, 7) is 0. The predicted molar refractivity (Wildman–Crippen MR) is 94.6 cm³/mol. The summed E-state index contributed by atoms with van der Waals surface area (Å²) in [4.78, 5) is 0. The summed E-state index contributed by atoms with van der Waals surface area (Å²) >= 11 is -3.42. The summed E-state index contributed by atoms with van der Waals surface area (Å²) in [6.07, 6.45) is 9.16. The Kier molecular flexibility index (Phi) is 2.97. The molecule has 0 radical (unpaired) electrons. The van der Waals surface area contributed by atoms with Gasteiger partial charge in [-0.15, -0.1) is 0 Å². The topological polar surface area (TPSA) is 0 Å². The molecule has 0 fully saturated rings. The van der Waals surface area contributed by atoms with Gasteiger partial charge < -0.3 is 0 Å². The molecular weight excluding hydrogens is 431 g/mol. The van der Waals surface area contributed by atoms with Crippen molar-refractivity contribution in [2.24, 2.45) is 0 Å². The molecule has 2 aromatic rings. The maximum atomic E-state index is 4.98. The van der Waals surface area contributed by atoms with Gasteiger partial charge in [-0.3, -0.25) is 0 Å². The minimum atomic E-state index is -3.42. The van der Waals surface area contributed by atoms with Crippen LogP contribution in [-0.2, 0) is 18.0 Å². The standard InChI is InChI=1S/C13H9.C5H5.2CH3.CH2.Hf/c1-3-7-12-10(5-1)9-11-6-2-4-8-13(11)12;1-2-4-5-3-1;;;;/h1-9H;1-5H;2*1H3;1H2;. The Labute approximate surface area is 133 Å². The summed E-state index contributed by atoms with van der Waals surface area (Å²) in [7, 11) is 0. The Bertz CT molecular complexity index is 819. The van der Waals surface area contributed by atoms with Crippen molar-refractivity contribution in [1.29, 1.82) is 0 Å². The molecule has 0 N–H and O–H groups in total. The molecule has 2 aliphatic rings. The SMILES string of the molecule is [CH2]=[Hf]([CH3])([CH3])([CH]1C=CC=C1)[CH]1c2ccccc2-c2ccccc21. The van der Waals surface area contributed by atoms with Crippen LogP contribution in [0.3, 0.4) is 0 Å². The second kappa shape index (κ2) is 4.58. The third-order valence-electron chi connectivity index (χ3n) is 5.62. The van der Waals surface area contributed by atoms with Gasteiger partial charge in [-0.05, 0) is 0 Å². The number of allylic oxidation sites excluding steroid dienone is 4. The van der Waals surface area contributed by atoms with E-state index >= 15 is 0 Å². The zero-order valence-electron chi connectivity index (χ0n) is 13.3. The van der Waals surface area contributed by atoms with E-state index in [-0.39, 0.29) is 0 Å². The van der Waals surface area contributed by atoms with Gasteiger partial charge in [-0.1, -0.05) is 0 Å². The van der Waals surface area contributed by atoms with E-state index in [4.69, 9.17) is 4.26 Å². The van der Waals surface area contributed by atoms with Crippen molar-refractivity contribution in [3.8, 4) is 11.1 Å². The fourth-order valence-electron chi connectivity index (χ4n) is 4.43. The number of hydrogen-bond donors (Lipinski definition) is 0. The van der Waals surface area contributed by atoms with Crippen molar-refractivity contribution in [1.82, 2.24) is 0 Å². The van der Waals surface area contributed by atoms with Crippen molar-refractivity contribution in [3.63, 3.8) is 0 Å². The molecule has 22 heavy (non-hydrogen) atoms. The van der Waals surface area contributed by atoms with E-state index in [1.165, 1.54) is 22.3 Å². The molecule has 0 saturated carbocycles. The van der Waals surface area contributed by atoms with Crippen LogP contribution in [0.25, 0.3) is 11.1 Å². The number of hydrogen-bond acceptors (Lipinski definition) is 0. The Morgan fingerprint density at radius 1 is 0.773 bits per heavy atom. The minimum absolute atomic E-state index is 0.516. The van der Waals surface area contributed by atoms with Gasteiger partial charge >= 0.3 is 134 Å². The van der Waals surface area contributed by atoms with Gasteiger partial charge in [-0.25, -0.2) is 0 Å².